The van der Waals surface area contributed by atoms with Gasteiger partial charge in [-0.05, 0) is 32.9 Å². The highest BCUT2D eigenvalue weighted by Gasteiger charge is 2.15. The Morgan fingerprint density at radius 2 is 2.11 bits per heavy atom. The maximum absolute atomic E-state index is 8.72. The zero-order valence-corrected chi connectivity index (χ0v) is 11.4. The van der Waals surface area contributed by atoms with Crippen molar-refractivity contribution in [2.24, 2.45) is 5.16 Å². The van der Waals surface area contributed by atoms with Crippen LogP contribution in [0.15, 0.2) is 29.4 Å². The van der Waals surface area contributed by atoms with Crippen LogP contribution in [0.4, 0.5) is 0 Å². The van der Waals surface area contributed by atoms with Crippen LogP contribution in [0.1, 0.15) is 32.8 Å². The van der Waals surface area contributed by atoms with Crippen LogP contribution < -0.4 is 4.74 Å². The van der Waals surface area contributed by atoms with Gasteiger partial charge in [-0.3, -0.25) is 0 Å². The van der Waals surface area contributed by atoms with Crippen molar-refractivity contribution < 1.29 is 14.7 Å². The summed E-state index contributed by atoms with van der Waals surface area (Å²) in [7, 11) is 1.70. The Morgan fingerprint density at radius 3 is 2.72 bits per heavy atom. The number of benzene rings is 1. The van der Waals surface area contributed by atoms with Gasteiger partial charge in [0.05, 0.1) is 17.9 Å². The Kier molecular flexibility index (Phi) is 5.16. The fourth-order valence-corrected chi connectivity index (χ4v) is 1.39. The summed E-state index contributed by atoms with van der Waals surface area (Å²) in [4.78, 5) is 0. The monoisotopic (exact) mass is 251 g/mol. The third kappa shape index (κ3) is 4.37. The highest BCUT2D eigenvalue weighted by atomic mass is 16.5. The first-order valence-electron chi connectivity index (χ1n) is 5.95. The molecule has 100 valence electrons. The largest absolute Gasteiger partial charge is 0.493 e. The van der Waals surface area contributed by atoms with Gasteiger partial charge < -0.3 is 14.7 Å². The van der Waals surface area contributed by atoms with Gasteiger partial charge in [0.25, 0.3) is 0 Å². The van der Waals surface area contributed by atoms with Crippen molar-refractivity contribution in [3.63, 3.8) is 0 Å². The lowest BCUT2D eigenvalue weighted by atomic mass is 10.1. The summed E-state index contributed by atoms with van der Waals surface area (Å²) >= 11 is 0. The molecule has 1 aromatic carbocycles. The molecule has 0 fully saturated rings. The number of methoxy groups -OCH3 is 1. The van der Waals surface area contributed by atoms with E-state index in [9.17, 15) is 0 Å². The quantitative estimate of drug-likeness (QED) is 0.480. The molecule has 0 saturated heterocycles. The molecular formula is C14H21NO3. The normalized spacial score (nSPS) is 12.6. The molecule has 0 unspecified atom stereocenters. The number of nitrogens with zero attached hydrogens (tertiary/aromatic N) is 1. The minimum absolute atomic E-state index is 0.180. The van der Waals surface area contributed by atoms with Crippen LogP contribution in [0.25, 0.3) is 0 Å². The van der Waals surface area contributed by atoms with Gasteiger partial charge >= 0.3 is 0 Å². The molecule has 0 aliphatic carbocycles. The predicted octanol–water partition coefficient (Wildman–Crippen LogP) is 3.08. The zero-order chi connectivity index (χ0) is 13.6. The Bertz CT molecular complexity index is 413. The molecule has 1 aromatic rings. The van der Waals surface area contributed by atoms with Crippen LogP contribution in [-0.4, -0.2) is 30.2 Å². The topological polar surface area (TPSA) is 51.0 Å². The van der Waals surface area contributed by atoms with Crippen LogP contribution in [0.2, 0.25) is 0 Å². The predicted molar refractivity (Wildman–Crippen MR) is 71.6 cm³/mol. The van der Waals surface area contributed by atoms with Gasteiger partial charge in [-0.15, -0.1) is 0 Å². The lowest BCUT2D eigenvalue weighted by Gasteiger charge is -2.22. The molecule has 1 rings (SSSR count). The highest BCUT2D eigenvalue weighted by Crippen LogP contribution is 2.17. The minimum atomic E-state index is -0.180. The van der Waals surface area contributed by atoms with Gasteiger partial charge in [-0.25, -0.2) is 0 Å². The Morgan fingerprint density at radius 1 is 1.39 bits per heavy atom. The van der Waals surface area contributed by atoms with Crippen LogP contribution in [0.3, 0.4) is 0 Å². The summed E-state index contributed by atoms with van der Waals surface area (Å²) in [6.45, 7) is 6.37. The number of oxime groups is 1. The molecule has 0 aromatic heterocycles. The van der Waals surface area contributed by atoms with Crippen LogP contribution in [0.5, 0.6) is 5.75 Å². The van der Waals surface area contributed by atoms with E-state index in [2.05, 4.69) is 5.16 Å². The van der Waals surface area contributed by atoms with Crippen molar-refractivity contribution >= 4 is 5.71 Å². The third-order valence-electron chi connectivity index (χ3n) is 2.93. The molecule has 0 amide bonds. The third-order valence-corrected chi connectivity index (χ3v) is 2.93. The summed E-state index contributed by atoms with van der Waals surface area (Å²) in [5, 5.41) is 11.9. The highest BCUT2D eigenvalue weighted by molar-refractivity contribution is 5.98. The number of hydrogen-bond acceptors (Lipinski definition) is 4. The molecule has 1 N–H and O–H groups in total. The summed E-state index contributed by atoms with van der Waals surface area (Å²) < 4.78 is 11.0. The molecule has 0 bridgehead atoms. The summed E-state index contributed by atoms with van der Waals surface area (Å²) in [6, 6.07) is 7.49. The van der Waals surface area contributed by atoms with Gasteiger partial charge in [0.2, 0.25) is 0 Å². The molecule has 0 aliphatic heterocycles. The molecule has 4 nitrogen and oxygen atoms in total. The van der Waals surface area contributed by atoms with Gasteiger partial charge in [0, 0.05) is 19.1 Å². The second-order valence-electron chi connectivity index (χ2n) is 4.78. The van der Waals surface area contributed by atoms with E-state index in [1.54, 1.807) is 14.0 Å². The van der Waals surface area contributed by atoms with E-state index >= 15 is 0 Å². The minimum Gasteiger partial charge on any atom is -0.493 e. The van der Waals surface area contributed by atoms with Crippen molar-refractivity contribution in [1.29, 1.82) is 0 Å². The molecule has 0 heterocycles. The lowest BCUT2D eigenvalue weighted by Crippen LogP contribution is -2.25. The average Bonchev–Trinajstić information content (AvgIpc) is 2.38. The second kappa shape index (κ2) is 6.40. The summed E-state index contributed by atoms with van der Waals surface area (Å²) in [6.07, 6.45) is 0.806. The smallest absolute Gasteiger partial charge is 0.119 e. The number of hydrogen-bond donors (Lipinski definition) is 1. The van der Waals surface area contributed by atoms with Crippen LogP contribution >= 0.6 is 0 Å². The Hall–Kier alpha value is -1.55. The van der Waals surface area contributed by atoms with Crippen LogP contribution in [0, 0.1) is 0 Å². The molecule has 0 saturated carbocycles. The van der Waals surface area contributed by atoms with Crippen LogP contribution in [-0.2, 0) is 4.74 Å². The number of ether oxygens (including phenoxy) is 2. The maximum Gasteiger partial charge on any atom is 0.119 e. The molecule has 0 atom stereocenters. The summed E-state index contributed by atoms with van der Waals surface area (Å²) in [5.74, 6) is 0.766. The molecular weight excluding hydrogens is 230 g/mol. The van der Waals surface area contributed by atoms with E-state index < -0.39 is 0 Å². The first-order valence-corrected chi connectivity index (χ1v) is 5.95. The summed E-state index contributed by atoms with van der Waals surface area (Å²) in [5.41, 5.74) is 1.23. The van der Waals surface area contributed by atoms with E-state index in [1.165, 1.54) is 0 Å². The lowest BCUT2D eigenvalue weighted by molar-refractivity contribution is 0.00546. The van der Waals surface area contributed by atoms with E-state index in [4.69, 9.17) is 14.7 Å². The fraction of sp³-hybridized carbons (Fsp3) is 0.500. The number of rotatable bonds is 6. The first kappa shape index (κ1) is 14.5. The van der Waals surface area contributed by atoms with Crippen molar-refractivity contribution in [3.05, 3.63) is 29.8 Å². The van der Waals surface area contributed by atoms with Gasteiger partial charge in [-0.1, -0.05) is 17.3 Å². The molecule has 0 spiro atoms. The molecule has 0 radical (unpaired) electrons. The van der Waals surface area contributed by atoms with Crippen molar-refractivity contribution in [1.82, 2.24) is 0 Å². The van der Waals surface area contributed by atoms with Gasteiger partial charge in [-0.2, -0.15) is 0 Å². The Labute approximate surface area is 108 Å². The van der Waals surface area contributed by atoms with E-state index in [0.29, 0.717) is 12.3 Å². The standard InChI is InChI=1S/C14H21NO3/c1-11(15-16)12-6-5-7-13(10-12)18-9-8-14(2,3)17-4/h5-7,10,16H,8-9H2,1-4H3/b15-11+. The zero-order valence-electron chi connectivity index (χ0n) is 11.4. The average molecular weight is 251 g/mol. The van der Waals surface area contributed by atoms with Crippen molar-refractivity contribution in [2.75, 3.05) is 13.7 Å². The second-order valence-corrected chi connectivity index (χ2v) is 4.78. The SMILES string of the molecule is COC(C)(C)CCOc1cccc(/C(C)=N/O)c1. The van der Waals surface area contributed by atoms with Crippen molar-refractivity contribution in [2.45, 2.75) is 32.8 Å². The van der Waals surface area contributed by atoms with E-state index in [-0.39, 0.29) is 5.60 Å². The van der Waals surface area contributed by atoms with Gasteiger partial charge in [0.1, 0.15) is 5.75 Å². The maximum atomic E-state index is 8.72. The van der Waals surface area contributed by atoms with E-state index in [0.717, 1.165) is 17.7 Å². The first-order chi connectivity index (χ1) is 8.48. The Balaban J connectivity index is 2.58. The van der Waals surface area contributed by atoms with Gasteiger partial charge in [0.15, 0.2) is 0 Å². The van der Waals surface area contributed by atoms with Crippen molar-refractivity contribution in [3.8, 4) is 5.75 Å². The molecule has 18 heavy (non-hydrogen) atoms. The molecule has 0 aliphatic rings. The molecule has 4 heteroatoms. The fourth-order valence-electron chi connectivity index (χ4n) is 1.39. The van der Waals surface area contributed by atoms with E-state index in [1.807, 2.05) is 38.1 Å².